The van der Waals surface area contributed by atoms with Crippen LogP contribution >= 0.6 is 11.3 Å². The van der Waals surface area contributed by atoms with E-state index < -0.39 is 28.1 Å². The molecule has 1 aromatic rings. The fraction of sp³-hybridized carbons (Fsp3) is 0.571. The Morgan fingerprint density at radius 2 is 2.12 bits per heavy atom. The number of thiophene rings is 1. The van der Waals surface area contributed by atoms with E-state index in [1.54, 1.807) is 11.4 Å². The number of aliphatic hydroxyl groups excluding tert-OH is 1. The number of aliphatic hydroxyl groups is 1. The van der Waals surface area contributed by atoms with E-state index in [0.29, 0.717) is 19.4 Å². The summed E-state index contributed by atoms with van der Waals surface area (Å²) in [5.74, 6) is -1.71. The predicted octanol–water partition coefficient (Wildman–Crippen LogP) is -0.900. The molecule has 0 aromatic carbocycles. The van der Waals surface area contributed by atoms with Gasteiger partial charge in [0.15, 0.2) is 0 Å². The second kappa shape index (κ2) is 9.25. The minimum absolute atomic E-state index is 0.0899. The van der Waals surface area contributed by atoms with Crippen LogP contribution in [0, 0.1) is 0 Å². The average Bonchev–Trinajstić information content (AvgIpc) is 3.15. The quantitative estimate of drug-likeness (QED) is 0.409. The van der Waals surface area contributed by atoms with Gasteiger partial charge in [0.1, 0.15) is 10.4 Å². The van der Waals surface area contributed by atoms with Crippen LogP contribution in [-0.2, 0) is 24.3 Å². The maximum absolute atomic E-state index is 12.7. The standard InChI is InChI=1S/C14H21N3O6S2/c18-7-2-5-15-13(19)14(20)16-10-11-17(6-3-8-23-11)25(21,22)12-4-1-9-24-12/h1,4,9,11,18H,2-3,5-8,10H2,(H,15,19)(H,16,20)/t11-/m0/s1. The first-order chi connectivity index (χ1) is 12.0. The first kappa shape index (κ1) is 19.8. The summed E-state index contributed by atoms with van der Waals surface area (Å²) in [6.07, 6.45) is 0.0314. The molecule has 2 heterocycles. The van der Waals surface area contributed by atoms with E-state index in [1.165, 1.54) is 10.4 Å². The molecular weight excluding hydrogens is 370 g/mol. The van der Waals surface area contributed by atoms with Crippen molar-refractivity contribution in [3.63, 3.8) is 0 Å². The molecule has 0 bridgehead atoms. The lowest BCUT2D eigenvalue weighted by Crippen LogP contribution is -2.53. The van der Waals surface area contributed by atoms with Gasteiger partial charge in [0, 0.05) is 19.7 Å². The van der Waals surface area contributed by atoms with Crippen LogP contribution in [-0.4, -0.2) is 68.7 Å². The van der Waals surface area contributed by atoms with Crippen molar-refractivity contribution in [3.8, 4) is 0 Å². The van der Waals surface area contributed by atoms with Gasteiger partial charge in [0.2, 0.25) is 0 Å². The largest absolute Gasteiger partial charge is 0.396 e. The number of sulfonamides is 1. The van der Waals surface area contributed by atoms with Crippen LogP contribution in [0.4, 0.5) is 0 Å². The van der Waals surface area contributed by atoms with E-state index in [9.17, 15) is 18.0 Å². The summed E-state index contributed by atoms with van der Waals surface area (Å²) < 4.78 is 32.2. The molecule has 2 rings (SSSR count). The maximum atomic E-state index is 12.7. The number of amides is 2. The molecule has 1 fully saturated rings. The molecule has 1 atom stereocenters. The summed E-state index contributed by atoms with van der Waals surface area (Å²) in [5.41, 5.74) is 0. The van der Waals surface area contributed by atoms with Crippen LogP contribution in [0.3, 0.4) is 0 Å². The summed E-state index contributed by atoms with van der Waals surface area (Å²) in [6.45, 7) is 0.620. The Bertz CT molecular complexity index is 677. The van der Waals surface area contributed by atoms with Crippen molar-refractivity contribution in [1.29, 1.82) is 0 Å². The highest BCUT2D eigenvalue weighted by Gasteiger charge is 2.35. The van der Waals surface area contributed by atoms with Crippen LogP contribution in [0.25, 0.3) is 0 Å². The van der Waals surface area contributed by atoms with Crippen molar-refractivity contribution in [2.75, 3.05) is 32.8 Å². The highest BCUT2D eigenvalue weighted by molar-refractivity contribution is 7.91. The number of nitrogens with zero attached hydrogens (tertiary/aromatic N) is 1. The van der Waals surface area contributed by atoms with E-state index in [1.807, 2.05) is 0 Å². The molecule has 0 spiro atoms. The summed E-state index contributed by atoms with van der Waals surface area (Å²) in [6, 6.07) is 3.16. The molecule has 25 heavy (non-hydrogen) atoms. The molecule has 0 aliphatic carbocycles. The molecule has 9 nitrogen and oxygen atoms in total. The van der Waals surface area contributed by atoms with Crippen molar-refractivity contribution in [2.24, 2.45) is 0 Å². The van der Waals surface area contributed by atoms with Gasteiger partial charge in [-0.25, -0.2) is 8.42 Å². The molecule has 1 saturated heterocycles. The van der Waals surface area contributed by atoms with Gasteiger partial charge in [-0.3, -0.25) is 9.59 Å². The number of ether oxygens (including phenoxy) is 1. The third kappa shape index (κ3) is 5.22. The fourth-order valence-electron chi connectivity index (χ4n) is 2.25. The molecule has 1 aliphatic rings. The van der Waals surface area contributed by atoms with Gasteiger partial charge in [-0.05, 0) is 24.3 Å². The van der Waals surface area contributed by atoms with Crippen LogP contribution in [0.2, 0.25) is 0 Å². The highest BCUT2D eigenvalue weighted by atomic mass is 32.2. The van der Waals surface area contributed by atoms with E-state index in [2.05, 4.69) is 10.6 Å². The lowest BCUT2D eigenvalue weighted by atomic mass is 10.3. The van der Waals surface area contributed by atoms with Gasteiger partial charge in [0.25, 0.3) is 10.0 Å². The number of hydrogen-bond donors (Lipinski definition) is 3. The van der Waals surface area contributed by atoms with Gasteiger partial charge >= 0.3 is 11.8 Å². The first-order valence-corrected chi connectivity index (χ1v) is 10.1. The Hall–Kier alpha value is -1.53. The third-order valence-electron chi connectivity index (χ3n) is 3.48. The normalized spacial score (nSPS) is 18.7. The van der Waals surface area contributed by atoms with E-state index in [4.69, 9.17) is 9.84 Å². The summed E-state index contributed by atoms with van der Waals surface area (Å²) in [4.78, 5) is 23.3. The van der Waals surface area contributed by atoms with Gasteiger partial charge in [-0.15, -0.1) is 11.3 Å². The van der Waals surface area contributed by atoms with Crippen molar-refractivity contribution >= 4 is 33.2 Å². The molecule has 0 saturated carbocycles. The molecular formula is C14H21N3O6S2. The topological polar surface area (TPSA) is 125 Å². The Morgan fingerprint density at radius 1 is 1.36 bits per heavy atom. The molecule has 140 valence electrons. The van der Waals surface area contributed by atoms with Gasteiger partial charge in [-0.1, -0.05) is 6.07 Å². The monoisotopic (exact) mass is 391 g/mol. The fourth-order valence-corrected chi connectivity index (χ4v) is 4.93. The molecule has 11 heteroatoms. The second-order valence-electron chi connectivity index (χ2n) is 5.27. The summed E-state index contributed by atoms with van der Waals surface area (Å²) >= 11 is 1.11. The van der Waals surface area contributed by atoms with Crippen LogP contribution in [0.1, 0.15) is 12.8 Å². The number of rotatable bonds is 7. The molecule has 1 aliphatic heterocycles. The Balaban J connectivity index is 1.95. The number of hydrogen-bond acceptors (Lipinski definition) is 7. The van der Waals surface area contributed by atoms with E-state index in [-0.39, 0.29) is 30.5 Å². The Labute approximate surface area is 150 Å². The molecule has 0 radical (unpaired) electrons. The van der Waals surface area contributed by atoms with E-state index in [0.717, 1.165) is 11.3 Å². The lowest BCUT2D eigenvalue weighted by Gasteiger charge is -2.34. The van der Waals surface area contributed by atoms with Crippen LogP contribution in [0.15, 0.2) is 21.7 Å². The zero-order valence-corrected chi connectivity index (χ0v) is 15.1. The first-order valence-electron chi connectivity index (χ1n) is 7.80. The smallest absolute Gasteiger partial charge is 0.309 e. The van der Waals surface area contributed by atoms with Gasteiger partial charge < -0.3 is 20.5 Å². The maximum Gasteiger partial charge on any atom is 0.309 e. The van der Waals surface area contributed by atoms with E-state index >= 15 is 0 Å². The third-order valence-corrected chi connectivity index (χ3v) is 6.74. The van der Waals surface area contributed by atoms with Crippen molar-refractivity contribution < 1.29 is 27.9 Å². The second-order valence-corrected chi connectivity index (χ2v) is 8.34. The number of nitrogens with one attached hydrogen (secondary N) is 2. The van der Waals surface area contributed by atoms with Crippen LogP contribution < -0.4 is 10.6 Å². The summed E-state index contributed by atoms with van der Waals surface area (Å²) in [7, 11) is -3.71. The van der Waals surface area contributed by atoms with Crippen molar-refractivity contribution in [3.05, 3.63) is 17.5 Å². The molecule has 3 N–H and O–H groups in total. The number of carbonyl (C=O) groups excluding carboxylic acids is 2. The van der Waals surface area contributed by atoms with Crippen molar-refractivity contribution in [2.45, 2.75) is 23.3 Å². The molecule has 0 unspecified atom stereocenters. The Morgan fingerprint density at radius 3 is 2.80 bits per heavy atom. The zero-order chi connectivity index (χ0) is 18.3. The Kier molecular flexibility index (Phi) is 7.32. The van der Waals surface area contributed by atoms with Crippen molar-refractivity contribution in [1.82, 2.24) is 14.9 Å². The van der Waals surface area contributed by atoms with Gasteiger partial charge in [-0.2, -0.15) is 4.31 Å². The van der Waals surface area contributed by atoms with Crippen LogP contribution in [0.5, 0.6) is 0 Å². The lowest BCUT2D eigenvalue weighted by molar-refractivity contribution is -0.140. The molecule has 2 amide bonds. The number of carbonyl (C=O) groups is 2. The summed E-state index contributed by atoms with van der Waals surface area (Å²) in [5, 5.41) is 15.1. The predicted molar refractivity (Wildman–Crippen MR) is 90.3 cm³/mol. The van der Waals surface area contributed by atoms with Gasteiger partial charge in [0.05, 0.1) is 13.2 Å². The molecule has 1 aromatic heterocycles. The minimum Gasteiger partial charge on any atom is -0.396 e. The average molecular weight is 391 g/mol. The minimum atomic E-state index is -3.71. The zero-order valence-electron chi connectivity index (χ0n) is 13.5. The SMILES string of the molecule is O=C(NCCCO)C(=O)NC[C@@H]1OCCCN1S(=O)(=O)c1cccs1. The highest BCUT2D eigenvalue weighted by Crippen LogP contribution is 2.25.